The summed E-state index contributed by atoms with van der Waals surface area (Å²) in [5.41, 5.74) is -0.110. The van der Waals surface area contributed by atoms with Crippen molar-refractivity contribution in [1.82, 2.24) is 0 Å². The molecule has 0 radical (unpaired) electrons. The Morgan fingerprint density at radius 3 is 2.17 bits per heavy atom. The molecule has 2 atom stereocenters. The minimum atomic E-state index is -3.82. The second-order valence-corrected chi connectivity index (χ2v) is 10.1. The maximum Gasteiger partial charge on any atom is 0.307 e. The lowest BCUT2D eigenvalue weighted by molar-refractivity contribution is -0.141. The quantitative estimate of drug-likeness (QED) is 0.405. The third-order valence-electron chi connectivity index (χ3n) is 5.84. The monoisotopic (exact) mass is 357 g/mol. The van der Waals surface area contributed by atoms with E-state index in [2.05, 4.69) is 0 Å². The van der Waals surface area contributed by atoms with Crippen LogP contribution in [0.25, 0.3) is 0 Å². The minimum Gasteiger partial charge on any atom is -0.481 e. The SMILES string of the molecule is N=C(CC1CCCCC1)P(=O)(O)CC(CCC1CCCC1)C(=O)O. The van der Waals surface area contributed by atoms with Crippen LogP contribution < -0.4 is 0 Å². The van der Waals surface area contributed by atoms with Gasteiger partial charge in [0.15, 0.2) is 0 Å². The summed E-state index contributed by atoms with van der Waals surface area (Å²) in [4.78, 5) is 21.8. The maximum atomic E-state index is 12.6. The number of rotatable bonds is 9. The van der Waals surface area contributed by atoms with Crippen LogP contribution in [0.15, 0.2) is 0 Å². The van der Waals surface area contributed by atoms with E-state index in [4.69, 9.17) is 5.41 Å². The van der Waals surface area contributed by atoms with E-state index in [1.165, 1.54) is 19.3 Å². The largest absolute Gasteiger partial charge is 0.481 e. The molecule has 24 heavy (non-hydrogen) atoms. The van der Waals surface area contributed by atoms with Crippen molar-refractivity contribution in [2.75, 3.05) is 6.16 Å². The van der Waals surface area contributed by atoms with Crippen LogP contribution in [0, 0.1) is 23.2 Å². The van der Waals surface area contributed by atoms with Crippen molar-refractivity contribution in [3.05, 3.63) is 0 Å². The van der Waals surface area contributed by atoms with Gasteiger partial charge in [-0.1, -0.05) is 57.8 Å². The van der Waals surface area contributed by atoms with Crippen molar-refractivity contribution in [3.63, 3.8) is 0 Å². The van der Waals surface area contributed by atoms with Crippen molar-refractivity contribution in [1.29, 1.82) is 5.41 Å². The van der Waals surface area contributed by atoms with Gasteiger partial charge in [-0.3, -0.25) is 14.8 Å². The van der Waals surface area contributed by atoms with E-state index >= 15 is 0 Å². The highest BCUT2D eigenvalue weighted by atomic mass is 31.2. The van der Waals surface area contributed by atoms with Crippen LogP contribution in [0.2, 0.25) is 0 Å². The molecule has 6 heteroatoms. The van der Waals surface area contributed by atoms with Crippen LogP contribution in [0.3, 0.4) is 0 Å². The van der Waals surface area contributed by atoms with Crippen LogP contribution >= 0.6 is 7.37 Å². The zero-order valence-corrected chi connectivity index (χ0v) is 15.5. The summed E-state index contributed by atoms with van der Waals surface area (Å²) in [6.45, 7) is 0. The highest BCUT2D eigenvalue weighted by Crippen LogP contribution is 2.47. The Balaban J connectivity index is 1.86. The summed E-state index contributed by atoms with van der Waals surface area (Å²) in [6.07, 6.45) is 11.6. The molecule has 0 spiro atoms. The Hall–Kier alpha value is -0.670. The Labute approximate surface area is 145 Å². The first-order chi connectivity index (χ1) is 11.4. The molecule has 0 aromatic rings. The fraction of sp³-hybridized carbons (Fsp3) is 0.889. The molecule has 2 saturated carbocycles. The van der Waals surface area contributed by atoms with E-state index in [1.807, 2.05) is 0 Å². The zero-order chi connectivity index (χ0) is 17.6. The third kappa shape index (κ3) is 6.00. The number of nitrogens with one attached hydrogen (secondary N) is 1. The lowest BCUT2D eigenvalue weighted by Crippen LogP contribution is -2.22. The number of aliphatic carboxylic acids is 1. The summed E-state index contributed by atoms with van der Waals surface area (Å²) in [5.74, 6) is -0.888. The topological polar surface area (TPSA) is 98.5 Å². The van der Waals surface area contributed by atoms with Gasteiger partial charge in [0.1, 0.15) is 0 Å². The van der Waals surface area contributed by atoms with E-state index < -0.39 is 19.3 Å². The molecule has 2 fully saturated rings. The molecule has 0 amide bonds. The van der Waals surface area contributed by atoms with Crippen molar-refractivity contribution in [2.24, 2.45) is 17.8 Å². The second-order valence-electron chi connectivity index (χ2n) is 7.80. The molecule has 0 aromatic carbocycles. The molecule has 2 unspecified atom stereocenters. The molecule has 0 aromatic heterocycles. The van der Waals surface area contributed by atoms with E-state index in [0.717, 1.165) is 44.9 Å². The van der Waals surface area contributed by atoms with E-state index in [1.54, 1.807) is 0 Å². The van der Waals surface area contributed by atoms with E-state index in [-0.39, 0.29) is 11.6 Å². The first-order valence-electron chi connectivity index (χ1n) is 9.51. The summed E-state index contributed by atoms with van der Waals surface area (Å²) < 4.78 is 12.6. The molecule has 2 aliphatic carbocycles. The molecule has 0 aliphatic heterocycles. The lowest BCUT2D eigenvalue weighted by atomic mass is 9.87. The molecule has 0 heterocycles. The highest BCUT2D eigenvalue weighted by Gasteiger charge is 2.34. The molecule has 0 saturated heterocycles. The molecule has 5 nitrogen and oxygen atoms in total. The predicted molar refractivity (Wildman–Crippen MR) is 95.9 cm³/mol. The first-order valence-corrected chi connectivity index (χ1v) is 11.4. The molecule has 3 N–H and O–H groups in total. The average molecular weight is 357 g/mol. The van der Waals surface area contributed by atoms with Crippen LogP contribution in [-0.2, 0) is 9.36 Å². The van der Waals surface area contributed by atoms with Gasteiger partial charge in [0.25, 0.3) is 0 Å². The molecule has 2 rings (SSSR count). The number of hydrogen-bond acceptors (Lipinski definition) is 3. The Morgan fingerprint density at radius 1 is 1.04 bits per heavy atom. The standard InChI is InChI=1S/C18H32NO4P/c19-17(12-15-8-2-1-3-9-15)24(22,23)13-16(18(20)21)11-10-14-6-4-5-7-14/h14-16,19H,1-13H2,(H,20,21)(H,22,23). The number of carboxylic acid groups (broad SMARTS) is 1. The van der Waals surface area contributed by atoms with Crippen LogP contribution in [0.5, 0.6) is 0 Å². The predicted octanol–water partition coefficient (Wildman–Crippen LogP) is 4.88. The lowest BCUT2D eigenvalue weighted by Gasteiger charge is -2.24. The smallest absolute Gasteiger partial charge is 0.307 e. The summed E-state index contributed by atoms with van der Waals surface area (Å²) in [5, 5.41) is 17.5. The van der Waals surface area contributed by atoms with Gasteiger partial charge in [0.05, 0.1) is 11.4 Å². The summed E-state index contributed by atoms with van der Waals surface area (Å²) in [7, 11) is -3.82. The fourth-order valence-corrected chi connectivity index (χ4v) is 5.95. The molecule has 0 bridgehead atoms. The van der Waals surface area contributed by atoms with Crippen LogP contribution in [0.1, 0.15) is 77.0 Å². The third-order valence-corrected chi connectivity index (χ3v) is 7.81. The average Bonchev–Trinajstić information content (AvgIpc) is 3.05. The van der Waals surface area contributed by atoms with E-state index in [0.29, 0.717) is 24.7 Å². The number of carboxylic acids is 1. The van der Waals surface area contributed by atoms with Gasteiger partial charge in [-0.2, -0.15) is 0 Å². The van der Waals surface area contributed by atoms with Crippen molar-refractivity contribution < 1.29 is 19.4 Å². The van der Waals surface area contributed by atoms with Gasteiger partial charge in [-0.05, 0) is 31.1 Å². The number of hydrogen-bond donors (Lipinski definition) is 3. The van der Waals surface area contributed by atoms with Crippen molar-refractivity contribution in [3.8, 4) is 0 Å². The fourth-order valence-electron chi connectivity index (χ4n) is 4.25. The van der Waals surface area contributed by atoms with Crippen molar-refractivity contribution >= 4 is 18.8 Å². The van der Waals surface area contributed by atoms with Gasteiger partial charge in [0.2, 0.25) is 7.37 Å². The molecular formula is C18H32NO4P. The summed E-state index contributed by atoms with van der Waals surface area (Å²) in [6, 6.07) is 0. The van der Waals surface area contributed by atoms with Gasteiger partial charge in [-0.15, -0.1) is 0 Å². The Bertz CT molecular complexity index is 481. The van der Waals surface area contributed by atoms with Gasteiger partial charge in [0, 0.05) is 6.16 Å². The van der Waals surface area contributed by atoms with E-state index in [9.17, 15) is 19.4 Å². The summed E-state index contributed by atoms with van der Waals surface area (Å²) >= 11 is 0. The minimum absolute atomic E-state index is 0.110. The zero-order valence-electron chi connectivity index (χ0n) is 14.6. The second kappa shape index (κ2) is 9.15. The van der Waals surface area contributed by atoms with Crippen molar-refractivity contribution in [2.45, 2.75) is 77.0 Å². The maximum absolute atomic E-state index is 12.6. The van der Waals surface area contributed by atoms with Crippen LogP contribution in [-0.4, -0.2) is 27.6 Å². The normalized spacial score (nSPS) is 23.7. The van der Waals surface area contributed by atoms with Gasteiger partial charge in [-0.25, -0.2) is 0 Å². The molecule has 2 aliphatic rings. The molecular weight excluding hydrogens is 325 g/mol. The van der Waals surface area contributed by atoms with Gasteiger partial charge < -0.3 is 10.00 Å². The first kappa shape index (κ1) is 19.7. The Kier molecular flexibility index (Phi) is 7.49. The number of carbonyl (C=O) groups is 1. The molecule has 138 valence electrons. The van der Waals surface area contributed by atoms with Gasteiger partial charge >= 0.3 is 5.97 Å². The van der Waals surface area contributed by atoms with Crippen LogP contribution in [0.4, 0.5) is 0 Å². The highest BCUT2D eigenvalue weighted by molar-refractivity contribution is 7.75. The Morgan fingerprint density at radius 2 is 1.58 bits per heavy atom.